The van der Waals surface area contributed by atoms with Gasteiger partial charge in [-0.3, -0.25) is 0 Å². The lowest BCUT2D eigenvalue weighted by Crippen LogP contribution is -1.89. The SMILES string of the molecule is c1cc2ccc1Cc1ccc(cc1)-c1ccc(cc1)-c1ccc(cc1)-c1ccc(cc1)-c1ccc(cc1)-c1ccc-2cc1. The molecule has 0 N–H and O–H groups in total. The van der Waals surface area contributed by atoms with Crippen LogP contribution in [0.2, 0.25) is 0 Å². The molecule has 7 aromatic carbocycles. The van der Waals surface area contributed by atoms with Crippen LogP contribution >= 0.6 is 0 Å². The fourth-order valence-corrected chi connectivity index (χ4v) is 6.14. The van der Waals surface area contributed by atoms with Gasteiger partial charge in [0.15, 0.2) is 0 Å². The van der Waals surface area contributed by atoms with Crippen LogP contribution in [-0.4, -0.2) is 0 Å². The number of hydrogen-bond acceptors (Lipinski definition) is 0. The molecule has 0 nitrogen and oxygen atoms in total. The highest BCUT2D eigenvalue weighted by Crippen LogP contribution is 2.31. The maximum Gasteiger partial charge on any atom is -0.00258 e. The summed E-state index contributed by atoms with van der Waals surface area (Å²) >= 11 is 0. The summed E-state index contributed by atoms with van der Waals surface area (Å²) in [6.07, 6.45) is 0.924. The summed E-state index contributed by atoms with van der Waals surface area (Å²) in [6.45, 7) is 0. The molecule has 0 fully saturated rings. The first-order chi connectivity index (χ1) is 21.2. The molecule has 14 bridgehead atoms. The van der Waals surface area contributed by atoms with E-state index in [9.17, 15) is 0 Å². The highest BCUT2D eigenvalue weighted by atomic mass is 14.1. The molecule has 202 valence electrons. The van der Waals surface area contributed by atoms with E-state index in [2.05, 4.69) is 170 Å². The van der Waals surface area contributed by atoms with Gasteiger partial charge in [-0.25, -0.2) is 0 Å². The van der Waals surface area contributed by atoms with Crippen LogP contribution in [0.25, 0.3) is 66.8 Å². The van der Waals surface area contributed by atoms with E-state index in [0.29, 0.717) is 0 Å². The summed E-state index contributed by atoms with van der Waals surface area (Å²) in [7, 11) is 0. The van der Waals surface area contributed by atoms with Crippen LogP contribution in [0.5, 0.6) is 0 Å². The Hall–Kier alpha value is -5.46. The molecule has 43 heavy (non-hydrogen) atoms. The molecular weight excluding hydrogens is 516 g/mol. The van der Waals surface area contributed by atoms with Crippen molar-refractivity contribution in [2.75, 3.05) is 0 Å². The molecule has 0 heterocycles. The van der Waals surface area contributed by atoms with Crippen molar-refractivity contribution in [3.63, 3.8) is 0 Å². The zero-order valence-electron chi connectivity index (χ0n) is 23.9. The summed E-state index contributed by atoms with van der Waals surface area (Å²) in [5.74, 6) is 0. The van der Waals surface area contributed by atoms with Crippen LogP contribution in [0.4, 0.5) is 0 Å². The van der Waals surface area contributed by atoms with Crippen LogP contribution in [0, 0.1) is 0 Å². The Balaban J connectivity index is 1.17. The minimum absolute atomic E-state index is 0.924. The van der Waals surface area contributed by atoms with Gasteiger partial charge in [0, 0.05) is 0 Å². The Morgan fingerprint density at radius 1 is 0.163 bits per heavy atom. The third-order valence-corrected chi connectivity index (χ3v) is 8.74. The molecule has 0 heteroatoms. The van der Waals surface area contributed by atoms with Gasteiger partial charge >= 0.3 is 0 Å². The van der Waals surface area contributed by atoms with Crippen LogP contribution < -0.4 is 0 Å². The van der Waals surface area contributed by atoms with Crippen LogP contribution in [0.15, 0.2) is 170 Å². The molecule has 0 unspecified atom stereocenters. The lowest BCUT2D eigenvalue weighted by Gasteiger charge is -2.09. The molecule has 0 atom stereocenters. The second kappa shape index (κ2) is 10.7. The monoisotopic (exact) mass is 546 g/mol. The van der Waals surface area contributed by atoms with Crippen LogP contribution in [0.3, 0.4) is 0 Å². The maximum absolute atomic E-state index is 2.25. The number of rotatable bonds is 0. The van der Waals surface area contributed by atoms with Crippen molar-refractivity contribution in [1.29, 1.82) is 0 Å². The summed E-state index contributed by atoms with van der Waals surface area (Å²) < 4.78 is 0. The van der Waals surface area contributed by atoms with Crippen molar-refractivity contribution in [1.82, 2.24) is 0 Å². The summed E-state index contributed by atoms with van der Waals surface area (Å²) in [4.78, 5) is 0. The van der Waals surface area contributed by atoms with Crippen molar-refractivity contribution in [3.8, 4) is 66.8 Å². The zero-order chi connectivity index (χ0) is 28.6. The minimum Gasteiger partial charge on any atom is -0.0581 e. The summed E-state index contributed by atoms with van der Waals surface area (Å²) in [5.41, 5.74) is 17.4. The fraction of sp³-hybridized carbons (Fsp3) is 0.0233. The Labute approximate surface area is 253 Å². The number of hydrogen-bond donors (Lipinski definition) is 0. The molecule has 7 aromatic rings. The second-order valence-electron chi connectivity index (χ2n) is 11.5. The van der Waals surface area contributed by atoms with Gasteiger partial charge in [-0.15, -0.1) is 0 Å². The van der Waals surface area contributed by atoms with Gasteiger partial charge in [0.1, 0.15) is 0 Å². The second-order valence-corrected chi connectivity index (χ2v) is 11.5. The molecule has 14 aliphatic carbocycles. The van der Waals surface area contributed by atoms with Crippen molar-refractivity contribution in [2.45, 2.75) is 6.42 Å². The highest BCUT2D eigenvalue weighted by Gasteiger charge is 2.07. The van der Waals surface area contributed by atoms with Crippen molar-refractivity contribution in [3.05, 3.63) is 181 Å². The van der Waals surface area contributed by atoms with Gasteiger partial charge < -0.3 is 0 Å². The van der Waals surface area contributed by atoms with Crippen molar-refractivity contribution in [2.24, 2.45) is 0 Å². The predicted molar refractivity (Wildman–Crippen MR) is 182 cm³/mol. The minimum atomic E-state index is 0.924. The summed E-state index contributed by atoms with van der Waals surface area (Å²) in [6, 6.07) is 62.5. The molecule has 21 rings (SSSR count). The van der Waals surface area contributed by atoms with Crippen molar-refractivity contribution < 1.29 is 0 Å². The van der Waals surface area contributed by atoms with Crippen molar-refractivity contribution >= 4 is 0 Å². The van der Waals surface area contributed by atoms with E-state index >= 15 is 0 Å². The van der Waals surface area contributed by atoms with Crippen LogP contribution in [0.1, 0.15) is 11.1 Å². The van der Waals surface area contributed by atoms with Gasteiger partial charge in [-0.05, 0) is 84.3 Å². The fourth-order valence-electron chi connectivity index (χ4n) is 6.14. The highest BCUT2D eigenvalue weighted by molar-refractivity contribution is 5.77. The largest absolute Gasteiger partial charge is 0.0581 e. The van der Waals surface area contributed by atoms with Gasteiger partial charge in [0.25, 0.3) is 0 Å². The van der Waals surface area contributed by atoms with Gasteiger partial charge in [-0.1, -0.05) is 170 Å². The molecule has 0 aromatic heterocycles. The third-order valence-electron chi connectivity index (χ3n) is 8.74. The topological polar surface area (TPSA) is 0 Å². The smallest absolute Gasteiger partial charge is 0.00258 e. The average molecular weight is 547 g/mol. The Kier molecular flexibility index (Phi) is 6.31. The molecule has 0 saturated carbocycles. The quantitative estimate of drug-likeness (QED) is 0.177. The molecular formula is C43H30. The normalized spacial score (nSPS) is 11.6. The lowest BCUT2D eigenvalue weighted by atomic mass is 9.96. The van der Waals surface area contributed by atoms with Gasteiger partial charge in [0.05, 0.1) is 0 Å². The zero-order valence-corrected chi connectivity index (χ0v) is 23.9. The molecule has 0 saturated heterocycles. The average Bonchev–Trinajstić information content (AvgIpc) is 3.09. The molecule has 0 spiro atoms. The molecule has 0 amide bonds. The van der Waals surface area contributed by atoms with Crippen LogP contribution in [-0.2, 0) is 6.42 Å². The van der Waals surface area contributed by atoms with E-state index in [1.807, 2.05) is 0 Å². The van der Waals surface area contributed by atoms with E-state index < -0.39 is 0 Å². The van der Waals surface area contributed by atoms with E-state index in [-0.39, 0.29) is 0 Å². The number of benzene rings is 7. The molecule has 14 aliphatic rings. The standard InChI is InChI=1S/C43H30/c1-5-32-6-2-30(1)29-31-3-7-33(8-4-31)35-11-15-37(16-12-35)39-19-23-41(24-20-39)43-27-25-42(26-28-43)40-21-17-38(18-22-40)36-13-9-34(32)10-14-36/h1-28H,29H2. The predicted octanol–water partition coefficient (Wildman–Crippen LogP) is 11.6. The van der Waals surface area contributed by atoms with E-state index in [1.165, 1.54) is 77.9 Å². The van der Waals surface area contributed by atoms with E-state index in [4.69, 9.17) is 0 Å². The molecule has 0 radical (unpaired) electrons. The van der Waals surface area contributed by atoms with Gasteiger partial charge in [0.2, 0.25) is 0 Å². The first-order valence-electron chi connectivity index (χ1n) is 15.0. The van der Waals surface area contributed by atoms with E-state index in [0.717, 1.165) is 6.42 Å². The molecule has 0 aliphatic heterocycles. The Morgan fingerprint density at radius 3 is 0.419 bits per heavy atom. The Morgan fingerprint density at radius 2 is 0.279 bits per heavy atom. The lowest BCUT2D eigenvalue weighted by molar-refractivity contribution is 1.19. The Bertz CT molecular complexity index is 1840. The first kappa shape index (κ1) is 25.3. The first-order valence-corrected chi connectivity index (χ1v) is 15.0. The van der Waals surface area contributed by atoms with Gasteiger partial charge in [-0.2, -0.15) is 0 Å². The van der Waals surface area contributed by atoms with E-state index in [1.54, 1.807) is 0 Å². The maximum atomic E-state index is 2.25. The summed E-state index contributed by atoms with van der Waals surface area (Å²) in [5, 5.41) is 0. The third kappa shape index (κ3) is 5.09.